The van der Waals surface area contributed by atoms with Gasteiger partial charge in [0.25, 0.3) is 0 Å². The lowest BCUT2D eigenvalue weighted by molar-refractivity contribution is -0.122. The van der Waals surface area contributed by atoms with Crippen LogP contribution in [0.15, 0.2) is 58.7 Å². The Morgan fingerprint density at radius 2 is 1.32 bits per heavy atom. The second-order valence-corrected chi connectivity index (χ2v) is 9.72. The lowest BCUT2D eigenvalue weighted by Gasteiger charge is -2.36. The van der Waals surface area contributed by atoms with Gasteiger partial charge in [-0.2, -0.15) is 0 Å². The lowest BCUT2D eigenvalue weighted by atomic mass is 9.66. The second kappa shape index (κ2) is 14.2. The number of aldehydes is 1. The van der Waals surface area contributed by atoms with E-state index >= 15 is 0 Å². The Morgan fingerprint density at radius 3 is 1.84 bits per heavy atom. The molecule has 1 fully saturated rings. The topological polar surface area (TPSA) is 34.1 Å². The van der Waals surface area contributed by atoms with Crippen LogP contribution in [0.25, 0.3) is 0 Å². The maximum absolute atomic E-state index is 12.0. The largest absolute Gasteiger partial charge is 0.303 e. The van der Waals surface area contributed by atoms with Gasteiger partial charge in [0, 0.05) is 24.7 Å². The maximum atomic E-state index is 12.0. The van der Waals surface area contributed by atoms with Crippen molar-refractivity contribution in [1.82, 2.24) is 0 Å². The van der Waals surface area contributed by atoms with Crippen LogP contribution in [0.3, 0.4) is 0 Å². The minimum absolute atomic E-state index is 0.264. The summed E-state index contributed by atoms with van der Waals surface area (Å²) in [6, 6.07) is 0. The summed E-state index contributed by atoms with van der Waals surface area (Å²) in [5.74, 6) is 0.264. The molecule has 0 N–H and O–H groups in total. The first-order chi connectivity index (χ1) is 14.7. The van der Waals surface area contributed by atoms with E-state index in [4.69, 9.17) is 0 Å². The Morgan fingerprint density at radius 1 is 0.806 bits per heavy atom. The zero-order chi connectivity index (χ0) is 23.3. The van der Waals surface area contributed by atoms with Crippen LogP contribution < -0.4 is 0 Å². The average molecular weight is 425 g/mol. The van der Waals surface area contributed by atoms with Gasteiger partial charge < -0.3 is 4.79 Å². The first-order valence-electron chi connectivity index (χ1n) is 11.9. The highest BCUT2D eigenvalue weighted by molar-refractivity contribution is 5.82. The first-order valence-corrected chi connectivity index (χ1v) is 11.9. The zero-order valence-electron chi connectivity index (χ0n) is 20.7. The summed E-state index contributed by atoms with van der Waals surface area (Å²) in [5.41, 5.74) is 6.38. The number of Topliss-reactive ketones (excluding diaryl/α,β-unsaturated/α-hetero) is 1. The predicted molar refractivity (Wildman–Crippen MR) is 134 cm³/mol. The molecule has 0 aromatic heterocycles. The number of rotatable bonds is 13. The third-order valence-corrected chi connectivity index (χ3v) is 6.46. The molecule has 31 heavy (non-hydrogen) atoms. The quantitative estimate of drug-likeness (QED) is 0.220. The smallest absolute Gasteiger partial charge is 0.134 e. The van der Waals surface area contributed by atoms with E-state index in [1.54, 1.807) is 0 Å². The molecule has 0 aromatic rings. The van der Waals surface area contributed by atoms with Crippen LogP contribution in [0.1, 0.15) is 105 Å². The summed E-state index contributed by atoms with van der Waals surface area (Å²) in [4.78, 5) is 23.2. The van der Waals surface area contributed by atoms with Gasteiger partial charge in [-0.05, 0) is 86.0 Å². The number of carbonyl (C=O) groups is 2. The standard InChI is InChI=1S/C29H44O2/c1-23(2)10-7-11-24(3)12-8-13-25(4)14-9-15-26(5)18-19-29(20-21-30)22-28(31)17-16-27(29)6/h10,12,14,18,21H,6-9,11,13,15-17,19-20,22H2,1-5H3/b24-12+,25-14+,26-18+. The van der Waals surface area contributed by atoms with Crippen molar-refractivity contribution in [2.75, 3.05) is 0 Å². The lowest BCUT2D eigenvalue weighted by Crippen LogP contribution is -2.31. The van der Waals surface area contributed by atoms with E-state index in [0.29, 0.717) is 19.3 Å². The van der Waals surface area contributed by atoms with Gasteiger partial charge in [-0.3, -0.25) is 4.79 Å². The van der Waals surface area contributed by atoms with E-state index in [2.05, 4.69) is 65.5 Å². The number of hydrogen-bond donors (Lipinski definition) is 0. The molecule has 1 aliphatic carbocycles. The van der Waals surface area contributed by atoms with Gasteiger partial charge in [0.15, 0.2) is 0 Å². The molecule has 1 saturated carbocycles. The third kappa shape index (κ3) is 10.8. The molecule has 1 aliphatic rings. The molecule has 1 atom stereocenters. The summed E-state index contributed by atoms with van der Waals surface area (Å²) in [7, 11) is 0. The van der Waals surface area contributed by atoms with Crippen molar-refractivity contribution in [1.29, 1.82) is 0 Å². The predicted octanol–water partition coefficient (Wildman–Crippen LogP) is 8.41. The molecule has 0 bridgehead atoms. The van der Waals surface area contributed by atoms with Crippen molar-refractivity contribution in [3.8, 4) is 0 Å². The van der Waals surface area contributed by atoms with Crippen LogP contribution in [0.5, 0.6) is 0 Å². The highest BCUT2D eigenvalue weighted by Crippen LogP contribution is 2.44. The Bertz CT molecular complexity index is 741. The Kier molecular flexibility index (Phi) is 12.4. The number of hydrogen-bond acceptors (Lipinski definition) is 2. The fraction of sp³-hybridized carbons (Fsp3) is 0.586. The van der Waals surface area contributed by atoms with Crippen LogP contribution in [0.2, 0.25) is 0 Å². The number of ketones is 1. The van der Waals surface area contributed by atoms with Gasteiger partial charge >= 0.3 is 0 Å². The fourth-order valence-electron chi connectivity index (χ4n) is 4.18. The minimum Gasteiger partial charge on any atom is -0.303 e. The van der Waals surface area contributed by atoms with Crippen LogP contribution in [-0.2, 0) is 9.59 Å². The molecule has 1 unspecified atom stereocenters. The summed E-state index contributed by atoms with van der Waals surface area (Å²) >= 11 is 0. The van der Waals surface area contributed by atoms with E-state index in [9.17, 15) is 9.59 Å². The van der Waals surface area contributed by atoms with Gasteiger partial charge in [-0.25, -0.2) is 0 Å². The fourth-order valence-corrected chi connectivity index (χ4v) is 4.18. The monoisotopic (exact) mass is 424 g/mol. The number of allylic oxidation sites excluding steroid dienone is 9. The molecule has 0 aliphatic heterocycles. The van der Waals surface area contributed by atoms with E-state index in [1.807, 2.05) is 0 Å². The molecule has 0 saturated heterocycles. The number of carbonyl (C=O) groups excluding carboxylic acids is 2. The molecule has 0 heterocycles. The van der Waals surface area contributed by atoms with Gasteiger partial charge in [-0.15, -0.1) is 0 Å². The van der Waals surface area contributed by atoms with Gasteiger partial charge in [0.2, 0.25) is 0 Å². The minimum atomic E-state index is -0.347. The van der Waals surface area contributed by atoms with E-state index in [0.717, 1.165) is 63.2 Å². The van der Waals surface area contributed by atoms with E-state index < -0.39 is 0 Å². The van der Waals surface area contributed by atoms with Crippen LogP contribution in [-0.4, -0.2) is 12.1 Å². The van der Waals surface area contributed by atoms with Crippen molar-refractivity contribution >= 4 is 12.1 Å². The zero-order valence-corrected chi connectivity index (χ0v) is 20.7. The summed E-state index contributed by atoms with van der Waals surface area (Å²) in [6.45, 7) is 15.1. The van der Waals surface area contributed by atoms with E-state index in [1.165, 1.54) is 22.3 Å². The molecule has 0 aromatic carbocycles. The molecule has 0 amide bonds. The molecule has 0 spiro atoms. The molecular formula is C29H44O2. The summed E-state index contributed by atoms with van der Waals surface area (Å²) in [5, 5.41) is 0. The van der Waals surface area contributed by atoms with Crippen LogP contribution in [0, 0.1) is 5.41 Å². The molecule has 0 radical (unpaired) electrons. The second-order valence-electron chi connectivity index (χ2n) is 9.72. The normalized spacial score (nSPS) is 20.7. The van der Waals surface area contributed by atoms with Crippen molar-refractivity contribution in [2.24, 2.45) is 5.41 Å². The SMILES string of the molecule is C=C1CCC(=O)CC1(CC=O)C/C=C(\C)CC/C=C(\C)CC/C=C(\C)CCC=C(C)C. The highest BCUT2D eigenvalue weighted by Gasteiger charge is 2.37. The molecular weight excluding hydrogens is 380 g/mol. The summed E-state index contributed by atoms with van der Waals surface area (Å²) < 4.78 is 0. The summed E-state index contributed by atoms with van der Waals surface area (Å²) in [6.07, 6.45) is 19.7. The van der Waals surface area contributed by atoms with Gasteiger partial charge in [0.05, 0.1) is 0 Å². The highest BCUT2D eigenvalue weighted by atomic mass is 16.1. The van der Waals surface area contributed by atoms with Crippen molar-refractivity contribution in [2.45, 2.75) is 105 Å². The van der Waals surface area contributed by atoms with Gasteiger partial charge in [-0.1, -0.05) is 58.7 Å². The van der Waals surface area contributed by atoms with Gasteiger partial charge in [0.1, 0.15) is 12.1 Å². The maximum Gasteiger partial charge on any atom is 0.134 e. The average Bonchev–Trinajstić information content (AvgIpc) is 2.69. The molecule has 2 nitrogen and oxygen atoms in total. The molecule has 2 heteroatoms. The molecule has 1 rings (SSSR count). The van der Waals surface area contributed by atoms with Crippen molar-refractivity contribution in [3.05, 3.63) is 58.7 Å². The first kappa shape index (κ1) is 27.1. The van der Waals surface area contributed by atoms with Crippen LogP contribution >= 0.6 is 0 Å². The Labute approximate surface area is 191 Å². The van der Waals surface area contributed by atoms with Crippen molar-refractivity contribution < 1.29 is 9.59 Å². The van der Waals surface area contributed by atoms with Crippen LogP contribution in [0.4, 0.5) is 0 Å². The molecule has 172 valence electrons. The van der Waals surface area contributed by atoms with E-state index in [-0.39, 0.29) is 11.2 Å². The Hall–Kier alpha value is -1.96. The third-order valence-electron chi connectivity index (χ3n) is 6.46. The van der Waals surface area contributed by atoms with Crippen molar-refractivity contribution in [3.63, 3.8) is 0 Å². The Balaban J connectivity index is 2.47.